The quantitative estimate of drug-likeness (QED) is 0.862. The van der Waals surface area contributed by atoms with Crippen LogP contribution in [0.5, 0.6) is 0 Å². The summed E-state index contributed by atoms with van der Waals surface area (Å²) < 4.78 is 6.40. The van der Waals surface area contributed by atoms with E-state index < -0.39 is 5.60 Å². The maximum atomic E-state index is 11.6. The Bertz CT molecular complexity index is 476. The molecule has 2 atom stereocenters. The van der Waals surface area contributed by atoms with Gasteiger partial charge in [-0.2, -0.15) is 0 Å². The van der Waals surface area contributed by atoms with E-state index in [2.05, 4.69) is 39.6 Å². The SMILES string of the molecule is Cc1sc(CNC2CC2NC(=O)OC(C)(C)C)cc1Br. The number of aryl methyl sites for hydroxylation is 1. The number of ether oxygens (including phenoxy) is 1. The fourth-order valence-corrected chi connectivity index (χ4v) is 3.43. The zero-order chi connectivity index (χ0) is 14.9. The van der Waals surface area contributed by atoms with Gasteiger partial charge < -0.3 is 15.4 Å². The molecule has 112 valence electrons. The van der Waals surface area contributed by atoms with Gasteiger partial charge in [0.2, 0.25) is 0 Å². The van der Waals surface area contributed by atoms with Crippen molar-refractivity contribution in [2.45, 2.75) is 58.3 Å². The minimum absolute atomic E-state index is 0.189. The molecule has 0 aliphatic heterocycles. The van der Waals surface area contributed by atoms with E-state index in [0.717, 1.165) is 13.0 Å². The van der Waals surface area contributed by atoms with E-state index in [1.54, 1.807) is 11.3 Å². The zero-order valence-electron chi connectivity index (χ0n) is 12.2. The Hall–Kier alpha value is -0.590. The van der Waals surface area contributed by atoms with Crippen LogP contribution in [0.2, 0.25) is 0 Å². The number of thiophene rings is 1. The predicted molar refractivity (Wildman–Crippen MR) is 85.2 cm³/mol. The Labute approximate surface area is 132 Å². The lowest BCUT2D eigenvalue weighted by atomic mass is 10.2. The zero-order valence-corrected chi connectivity index (χ0v) is 14.7. The van der Waals surface area contributed by atoms with E-state index in [-0.39, 0.29) is 12.1 Å². The van der Waals surface area contributed by atoms with E-state index >= 15 is 0 Å². The highest BCUT2D eigenvalue weighted by Crippen LogP contribution is 2.28. The summed E-state index contributed by atoms with van der Waals surface area (Å²) in [5.74, 6) is 0. The lowest BCUT2D eigenvalue weighted by Crippen LogP contribution is -2.36. The number of carbonyl (C=O) groups excluding carboxylic acids is 1. The Morgan fingerprint density at radius 2 is 2.20 bits per heavy atom. The molecule has 0 saturated heterocycles. The Kier molecular flexibility index (Phi) is 4.76. The number of hydrogen-bond acceptors (Lipinski definition) is 4. The van der Waals surface area contributed by atoms with E-state index in [1.807, 2.05) is 20.8 Å². The molecule has 0 radical (unpaired) electrons. The van der Waals surface area contributed by atoms with Gasteiger partial charge in [0.15, 0.2) is 0 Å². The first-order valence-electron chi connectivity index (χ1n) is 6.72. The van der Waals surface area contributed by atoms with Crippen LogP contribution in [0.25, 0.3) is 0 Å². The van der Waals surface area contributed by atoms with Crippen LogP contribution in [0.15, 0.2) is 10.5 Å². The molecule has 1 fully saturated rings. The van der Waals surface area contributed by atoms with Crippen LogP contribution in [0.4, 0.5) is 4.79 Å². The van der Waals surface area contributed by atoms with Crippen molar-refractivity contribution >= 4 is 33.4 Å². The number of hydrogen-bond donors (Lipinski definition) is 2. The van der Waals surface area contributed by atoms with Crippen LogP contribution in [0.3, 0.4) is 0 Å². The third kappa shape index (κ3) is 4.75. The van der Waals surface area contributed by atoms with Crippen molar-refractivity contribution < 1.29 is 9.53 Å². The van der Waals surface area contributed by atoms with E-state index in [1.165, 1.54) is 14.2 Å². The number of rotatable bonds is 4. The minimum Gasteiger partial charge on any atom is -0.444 e. The molecule has 1 amide bonds. The normalized spacial score (nSPS) is 21.6. The fraction of sp³-hybridized carbons (Fsp3) is 0.643. The Morgan fingerprint density at radius 1 is 1.50 bits per heavy atom. The second-order valence-corrected chi connectivity index (χ2v) is 8.29. The molecule has 1 aromatic rings. The van der Waals surface area contributed by atoms with E-state index in [4.69, 9.17) is 4.74 Å². The van der Waals surface area contributed by atoms with Gasteiger partial charge in [-0.25, -0.2) is 4.79 Å². The summed E-state index contributed by atoms with van der Waals surface area (Å²) in [5.41, 5.74) is -0.442. The fourth-order valence-electron chi connectivity index (χ4n) is 1.88. The van der Waals surface area contributed by atoms with Gasteiger partial charge in [0.05, 0.1) is 0 Å². The summed E-state index contributed by atoms with van der Waals surface area (Å²) in [5, 5.41) is 6.33. The van der Waals surface area contributed by atoms with Gasteiger partial charge >= 0.3 is 6.09 Å². The first-order chi connectivity index (χ1) is 9.24. The minimum atomic E-state index is -0.442. The highest BCUT2D eigenvalue weighted by molar-refractivity contribution is 9.10. The molecule has 0 aromatic carbocycles. The van der Waals surface area contributed by atoms with Crippen LogP contribution < -0.4 is 10.6 Å². The molecule has 2 rings (SSSR count). The molecule has 4 nitrogen and oxygen atoms in total. The summed E-state index contributed by atoms with van der Waals surface area (Å²) in [7, 11) is 0. The van der Waals surface area contributed by atoms with Crippen molar-refractivity contribution in [1.29, 1.82) is 0 Å². The molecule has 6 heteroatoms. The molecule has 1 saturated carbocycles. The van der Waals surface area contributed by atoms with Crippen LogP contribution in [-0.4, -0.2) is 23.8 Å². The smallest absolute Gasteiger partial charge is 0.407 e. The van der Waals surface area contributed by atoms with Gasteiger partial charge in [-0.05, 0) is 56.1 Å². The van der Waals surface area contributed by atoms with Crippen LogP contribution in [0, 0.1) is 6.92 Å². The van der Waals surface area contributed by atoms with Crippen LogP contribution in [-0.2, 0) is 11.3 Å². The first-order valence-corrected chi connectivity index (χ1v) is 8.33. The molecule has 1 aliphatic carbocycles. The molecule has 2 unspecified atom stereocenters. The van der Waals surface area contributed by atoms with Gasteiger partial charge in [0, 0.05) is 32.9 Å². The average Bonchev–Trinajstić information content (AvgIpc) is 2.92. The van der Waals surface area contributed by atoms with Gasteiger partial charge in [-0.15, -0.1) is 11.3 Å². The molecule has 1 aliphatic rings. The third-order valence-corrected chi connectivity index (χ3v) is 5.08. The molecule has 0 spiro atoms. The summed E-state index contributed by atoms with van der Waals surface area (Å²) in [6, 6.07) is 2.68. The summed E-state index contributed by atoms with van der Waals surface area (Å²) in [4.78, 5) is 14.2. The summed E-state index contributed by atoms with van der Waals surface area (Å²) in [6.45, 7) is 8.54. The number of alkyl carbamates (subject to hydrolysis) is 1. The van der Waals surface area contributed by atoms with Crippen molar-refractivity contribution in [2.75, 3.05) is 0 Å². The predicted octanol–water partition coefficient (Wildman–Crippen LogP) is 3.57. The highest BCUT2D eigenvalue weighted by Gasteiger charge is 2.38. The molecule has 1 aromatic heterocycles. The Morgan fingerprint density at radius 3 is 2.75 bits per heavy atom. The van der Waals surface area contributed by atoms with E-state index in [9.17, 15) is 4.79 Å². The molecule has 1 heterocycles. The molecular formula is C14H21BrN2O2S. The van der Waals surface area contributed by atoms with Gasteiger partial charge in [-0.1, -0.05) is 0 Å². The standard InChI is InChI=1S/C14H21BrN2O2S/c1-8-10(15)5-9(20-8)7-16-11-6-12(11)17-13(18)19-14(2,3)4/h5,11-12,16H,6-7H2,1-4H3,(H,17,18). The molecule has 0 bridgehead atoms. The van der Waals surface area contributed by atoms with Gasteiger partial charge in [-0.3, -0.25) is 0 Å². The molecule has 2 N–H and O–H groups in total. The van der Waals surface area contributed by atoms with Crippen LogP contribution >= 0.6 is 27.3 Å². The van der Waals surface area contributed by atoms with Crippen molar-refractivity contribution in [2.24, 2.45) is 0 Å². The average molecular weight is 361 g/mol. The second-order valence-electron chi connectivity index (χ2n) is 6.09. The summed E-state index contributed by atoms with van der Waals surface area (Å²) >= 11 is 5.31. The van der Waals surface area contributed by atoms with Gasteiger partial charge in [0.25, 0.3) is 0 Å². The van der Waals surface area contributed by atoms with Crippen molar-refractivity contribution in [1.82, 2.24) is 10.6 Å². The second kappa shape index (κ2) is 6.03. The summed E-state index contributed by atoms with van der Waals surface area (Å²) in [6.07, 6.45) is 0.631. The van der Waals surface area contributed by atoms with Crippen molar-refractivity contribution in [3.8, 4) is 0 Å². The maximum Gasteiger partial charge on any atom is 0.407 e. The van der Waals surface area contributed by atoms with Gasteiger partial charge in [0.1, 0.15) is 5.60 Å². The van der Waals surface area contributed by atoms with Crippen molar-refractivity contribution in [3.63, 3.8) is 0 Å². The first kappa shape index (κ1) is 15.8. The number of carbonyl (C=O) groups is 1. The highest BCUT2D eigenvalue weighted by atomic mass is 79.9. The Balaban J connectivity index is 1.69. The number of nitrogens with one attached hydrogen (secondary N) is 2. The number of halogens is 1. The maximum absolute atomic E-state index is 11.6. The molecule has 20 heavy (non-hydrogen) atoms. The third-order valence-electron chi connectivity index (χ3n) is 2.94. The largest absolute Gasteiger partial charge is 0.444 e. The van der Waals surface area contributed by atoms with E-state index in [0.29, 0.717) is 6.04 Å². The number of amides is 1. The lowest BCUT2D eigenvalue weighted by molar-refractivity contribution is 0.0522. The lowest BCUT2D eigenvalue weighted by Gasteiger charge is -2.19. The molecular weight excluding hydrogens is 340 g/mol. The van der Waals surface area contributed by atoms with Crippen LogP contribution in [0.1, 0.15) is 36.9 Å². The monoisotopic (exact) mass is 360 g/mol. The van der Waals surface area contributed by atoms with Crippen molar-refractivity contribution in [3.05, 3.63) is 20.3 Å². The topological polar surface area (TPSA) is 50.4 Å².